The summed E-state index contributed by atoms with van der Waals surface area (Å²) < 4.78 is 8.05. The van der Waals surface area contributed by atoms with Crippen molar-refractivity contribution in [3.63, 3.8) is 0 Å². The minimum Gasteiger partial charge on any atom is -0.375 e. The molecule has 136 valence electrons. The standard InChI is InChI=1S/C19H22N4O2S/c1-12-5-7-23-14(10-13-11-21-6-8-25-13)18(22-17(23)9-12)15-3-4-16(26-15)19(24)20-2/h3-5,7,9,13,21H,6,8,10-11H2,1-2H3,(H,20,24)/t13-/m0/s1. The van der Waals surface area contributed by atoms with Gasteiger partial charge in [0, 0.05) is 32.8 Å². The number of aryl methyl sites for hydroxylation is 1. The third kappa shape index (κ3) is 3.25. The number of thiophene rings is 1. The van der Waals surface area contributed by atoms with Crippen LogP contribution in [0.1, 0.15) is 20.9 Å². The van der Waals surface area contributed by atoms with E-state index >= 15 is 0 Å². The van der Waals surface area contributed by atoms with E-state index in [9.17, 15) is 4.79 Å². The van der Waals surface area contributed by atoms with Crippen molar-refractivity contribution in [2.75, 3.05) is 26.7 Å². The van der Waals surface area contributed by atoms with E-state index < -0.39 is 0 Å². The molecular formula is C19H22N4O2S. The van der Waals surface area contributed by atoms with Crippen molar-refractivity contribution in [3.8, 4) is 10.6 Å². The maximum absolute atomic E-state index is 11.9. The number of hydrogen-bond donors (Lipinski definition) is 2. The normalized spacial score (nSPS) is 17.5. The summed E-state index contributed by atoms with van der Waals surface area (Å²) in [5.74, 6) is -0.0674. The highest BCUT2D eigenvalue weighted by molar-refractivity contribution is 7.17. The van der Waals surface area contributed by atoms with Crippen molar-refractivity contribution < 1.29 is 9.53 Å². The minimum atomic E-state index is -0.0674. The Balaban J connectivity index is 1.78. The third-order valence-corrected chi connectivity index (χ3v) is 5.69. The summed E-state index contributed by atoms with van der Waals surface area (Å²) in [6, 6.07) is 8.01. The molecule has 0 unspecified atom stereocenters. The van der Waals surface area contributed by atoms with Gasteiger partial charge in [-0.2, -0.15) is 0 Å². The number of imidazole rings is 1. The number of fused-ring (bicyclic) bond motifs is 1. The van der Waals surface area contributed by atoms with Crippen molar-refractivity contribution in [1.29, 1.82) is 0 Å². The molecule has 1 saturated heterocycles. The van der Waals surface area contributed by atoms with E-state index in [-0.39, 0.29) is 12.0 Å². The lowest BCUT2D eigenvalue weighted by molar-refractivity contribution is 0.0286. The number of carbonyl (C=O) groups is 1. The maximum Gasteiger partial charge on any atom is 0.261 e. The smallest absolute Gasteiger partial charge is 0.261 e. The second-order valence-corrected chi connectivity index (χ2v) is 7.57. The van der Waals surface area contributed by atoms with Crippen molar-refractivity contribution in [2.45, 2.75) is 19.4 Å². The Morgan fingerprint density at radius 2 is 2.35 bits per heavy atom. The Morgan fingerprint density at radius 3 is 3.12 bits per heavy atom. The van der Waals surface area contributed by atoms with E-state index in [1.165, 1.54) is 16.9 Å². The lowest BCUT2D eigenvalue weighted by Gasteiger charge is -2.23. The van der Waals surface area contributed by atoms with Gasteiger partial charge in [-0.25, -0.2) is 4.98 Å². The van der Waals surface area contributed by atoms with Gasteiger partial charge in [0.15, 0.2) is 0 Å². The van der Waals surface area contributed by atoms with Crippen LogP contribution in [0.4, 0.5) is 0 Å². The first kappa shape index (κ1) is 17.2. The molecule has 1 aliphatic rings. The van der Waals surface area contributed by atoms with Crippen LogP contribution in [0.5, 0.6) is 0 Å². The molecule has 4 heterocycles. The second kappa shape index (κ2) is 7.19. The molecule has 0 bridgehead atoms. The SMILES string of the molecule is CNC(=O)c1ccc(-c2nc3cc(C)ccn3c2C[C@H]2CNCCO2)s1. The summed E-state index contributed by atoms with van der Waals surface area (Å²) in [5, 5.41) is 6.06. The Bertz CT molecular complexity index is 940. The zero-order valence-electron chi connectivity index (χ0n) is 14.9. The van der Waals surface area contributed by atoms with Gasteiger partial charge in [0.05, 0.1) is 28.2 Å². The van der Waals surface area contributed by atoms with Crippen LogP contribution in [-0.2, 0) is 11.2 Å². The summed E-state index contributed by atoms with van der Waals surface area (Å²) in [7, 11) is 1.65. The van der Waals surface area contributed by atoms with Crippen LogP contribution < -0.4 is 10.6 Å². The molecule has 1 atom stereocenters. The van der Waals surface area contributed by atoms with Crippen molar-refractivity contribution in [3.05, 3.63) is 46.6 Å². The Kier molecular flexibility index (Phi) is 4.76. The highest BCUT2D eigenvalue weighted by Gasteiger charge is 2.22. The molecule has 3 aromatic rings. The maximum atomic E-state index is 11.9. The van der Waals surface area contributed by atoms with Crippen LogP contribution in [0, 0.1) is 6.92 Å². The fourth-order valence-corrected chi connectivity index (χ4v) is 4.23. The zero-order valence-corrected chi connectivity index (χ0v) is 15.7. The predicted molar refractivity (Wildman–Crippen MR) is 103 cm³/mol. The number of hydrogen-bond acceptors (Lipinski definition) is 5. The lowest BCUT2D eigenvalue weighted by Crippen LogP contribution is -2.39. The van der Waals surface area contributed by atoms with Crippen molar-refractivity contribution >= 4 is 22.9 Å². The van der Waals surface area contributed by atoms with Crippen molar-refractivity contribution in [1.82, 2.24) is 20.0 Å². The zero-order chi connectivity index (χ0) is 18.1. The molecule has 1 fully saturated rings. The van der Waals surface area contributed by atoms with Crippen LogP contribution >= 0.6 is 11.3 Å². The first-order chi connectivity index (χ1) is 12.7. The number of pyridine rings is 1. The van der Waals surface area contributed by atoms with Crippen LogP contribution in [-0.4, -0.2) is 48.1 Å². The van der Waals surface area contributed by atoms with Crippen molar-refractivity contribution in [2.24, 2.45) is 0 Å². The number of ether oxygens (including phenoxy) is 1. The molecule has 0 radical (unpaired) electrons. The van der Waals surface area contributed by atoms with Gasteiger partial charge in [0.1, 0.15) is 11.3 Å². The van der Waals surface area contributed by atoms with E-state index in [4.69, 9.17) is 9.72 Å². The highest BCUT2D eigenvalue weighted by atomic mass is 32.1. The van der Waals surface area contributed by atoms with Crippen LogP contribution in [0.15, 0.2) is 30.5 Å². The number of amides is 1. The Morgan fingerprint density at radius 1 is 1.46 bits per heavy atom. The summed E-state index contributed by atoms with van der Waals surface area (Å²) >= 11 is 1.47. The van der Waals surface area contributed by atoms with Crippen LogP contribution in [0.2, 0.25) is 0 Å². The van der Waals surface area contributed by atoms with Crippen LogP contribution in [0.3, 0.4) is 0 Å². The summed E-state index contributed by atoms with van der Waals surface area (Å²) in [6.07, 6.45) is 2.97. The highest BCUT2D eigenvalue weighted by Crippen LogP contribution is 2.32. The fraction of sp³-hybridized carbons (Fsp3) is 0.368. The molecule has 0 spiro atoms. The molecule has 6 nitrogen and oxygen atoms in total. The molecule has 2 N–H and O–H groups in total. The molecule has 0 aromatic carbocycles. The monoisotopic (exact) mass is 370 g/mol. The number of rotatable bonds is 4. The number of carbonyl (C=O) groups excluding carboxylic acids is 1. The van der Waals surface area contributed by atoms with Gasteiger partial charge in [-0.05, 0) is 36.8 Å². The third-order valence-electron chi connectivity index (χ3n) is 4.60. The second-order valence-electron chi connectivity index (χ2n) is 6.48. The van der Waals surface area contributed by atoms with Gasteiger partial charge in [0.25, 0.3) is 5.91 Å². The van der Waals surface area contributed by atoms with Gasteiger partial charge in [-0.3, -0.25) is 4.79 Å². The van der Waals surface area contributed by atoms with Gasteiger partial charge in [0.2, 0.25) is 0 Å². The number of nitrogens with zero attached hydrogens (tertiary/aromatic N) is 2. The molecule has 7 heteroatoms. The molecule has 1 aliphatic heterocycles. The van der Waals surface area contributed by atoms with E-state index in [0.29, 0.717) is 4.88 Å². The first-order valence-electron chi connectivity index (χ1n) is 8.78. The summed E-state index contributed by atoms with van der Waals surface area (Å²) in [4.78, 5) is 18.5. The topological polar surface area (TPSA) is 67.7 Å². The number of aromatic nitrogens is 2. The Hall–Kier alpha value is -2.22. The van der Waals surface area contributed by atoms with Crippen LogP contribution in [0.25, 0.3) is 16.2 Å². The molecule has 0 aliphatic carbocycles. The van der Waals surface area contributed by atoms with E-state index in [2.05, 4.69) is 40.3 Å². The van der Waals surface area contributed by atoms with E-state index in [1.54, 1.807) is 7.05 Å². The molecule has 1 amide bonds. The Labute approximate surface area is 156 Å². The first-order valence-corrected chi connectivity index (χ1v) is 9.59. The summed E-state index contributed by atoms with van der Waals surface area (Å²) in [5.41, 5.74) is 4.16. The largest absolute Gasteiger partial charge is 0.375 e. The molecule has 4 rings (SSSR count). The van der Waals surface area contributed by atoms with E-state index in [1.807, 2.05) is 12.1 Å². The molecule has 3 aromatic heterocycles. The average Bonchev–Trinajstić information content (AvgIpc) is 3.27. The fourth-order valence-electron chi connectivity index (χ4n) is 3.27. The predicted octanol–water partition coefficient (Wildman–Crippen LogP) is 2.26. The van der Waals surface area contributed by atoms with E-state index in [0.717, 1.165) is 48.0 Å². The van der Waals surface area contributed by atoms with Gasteiger partial charge < -0.3 is 19.8 Å². The number of nitrogens with one attached hydrogen (secondary N) is 2. The molecule has 26 heavy (non-hydrogen) atoms. The molecular weight excluding hydrogens is 348 g/mol. The minimum absolute atomic E-state index is 0.0674. The van der Waals surface area contributed by atoms with Gasteiger partial charge in [-0.15, -0.1) is 11.3 Å². The lowest BCUT2D eigenvalue weighted by atomic mass is 10.1. The van der Waals surface area contributed by atoms with Gasteiger partial charge >= 0.3 is 0 Å². The summed E-state index contributed by atoms with van der Waals surface area (Å²) in [6.45, 7) is 4.54. The average molecular weight is 370 g/mol. The quantitative estimate of drug-likeness (QED) is 0.739. The number of morpholine rings is 1. The molecule has 0 saturated carbocycles. The van der Waals surface area contributed by atoms with Gasteiger partial charge in [-0.1, -0.05) is 0 Å².